The van der Waals surface area contributed by atoms with Gasteiger partial charge in [0, 0.05) is 24.6 Å². The number of likely N-dealkylation sites (tertiary alicyclic amines) is 1. The number of hydrogen-bond acceptors (Lipinski definition) is 4. The molecule has 1 aromatic carbocycles. The Morgan fingerprint density at radius 2 is 2.12 bits per heavy atom. The van der Waals surface area contributed by atoms with E-state index in [1.54, 1.807) is 13.3 Å². The number of nitrogens with zero attached hydrogens (tertiary/aromatic N) is 2. The molecule has 1 aliphatic rings. The van der Waals surface area contributed by atoms with Gasteiger partial charge in [-0.15, -0.1) is 0 Å². The molecule has 1 aromatic heterocycles. The highest BCUT2D eigenvalue weighted by atomic mass is 16.5. The van der Waals surface area contributed by atoms with E-state index in [-0.39, 0.29) is 11.9 Å². The van der Waals surface area contributed by atoms with Gasteiger partial charge in [0.25, 0.3) is 0 Å². The summed E-state index contributed by atoms with van der Waals surface area (Å²) in [5.74, 6) is 0.840. The molecule has 1 N–H and O–H groups in total. The highest BCUT2D eigenvalue weighted by molar-refractivity contribution is 5.94. The fourth-order valence-corrected chi connectivity index (χ4v) is 3.10. The van der Waals surface area contributed by atoms with E-state index in [4.69, 9.17) is 4.74 Å². The third kappa shape index (κ3) is 4.11. The van der Waals surface area contributed by atoms with Crippen LogP contribution in [0.25, 0.3) is 0 Å². The predicted octanol–water partition coefficient (Wildman–Crippen LogP) is 3.08. The summed E-state index contributed by atoms with van der Waals surface area (Å²) in [6, 6.07) is 11.3. The van der Waals surface area contributed by atoms with E-state index in [0.29, 0.717) is 0 Å². The Bertz CT molecular complexity index is 658. The Morgan fingerprint density at radius 1 is 1.29 bits per heavy atom. The number of pyridine rings is 1. The molecule has 0 aliphatic carbocycles. The maximum atomic E-state index is 12.7. The number of hydrogen-bond donors (Lipinski definition) is 1. The summed E-state index contributed by atoms with van der Waals surface area (Å²) in [5, 5.41) is 3.03. The fourth-order valence-electron chi connectivity index (χ4n) is 3.10. The van der Waals surface area contributed by atoms with Crippen LogP contribution in [0, 0.1) is 0 Å². The molecule has 1 fully saturated rings. The van der Waals surface area contributed by atoms with Crippen molar-refractivity contribution in [1.29, 1.82) is 0 Å². The number of piperidine rings is 1. The maximum absolute atomic E-state index is 12.7. The maximum Gasteiger partial charge on any atom is 0.241 e. The molecule has 1 atom stereocenters. The van der Waals surface area contributed by atoms with E-state index in [9.17, 15) is 4.79 Å². The van der Waals surface area contributed by atoms with E-state index >= 15 is 0 Å². The number of ether oxygens (including phenoxy) is 1. The van der Waals surface area contributed by atoms with Gasteiger partial charge in [-0.05, 0) is 55.3 Å². The number of carbonyl (C=O) groups is 1. The van der Waals surface area contributed by atoms with Crippen molar-refractivity contribution in [2.45, 2.75) is 31.8 Å². The van der Waals surface area contributed by atoms with Crippen LogP contribution in [0.1, 0.15) is 24.8 Å². The highest BCUT2D eigenvalue weighted by Crippen LogP contribution is 2.22. The van der Waals surface area contributed by atoms with Crippen molar-refractivity contribution in [2.75, 3.05) is 19.0 Å². The minimum absolute atomic E-state index is 0.0590. The highest BCUT2D eigenvalue weighted by Gasteiger charge is 2.28. The molecule has 2 heterocycles. The summed E-state index contributed by atoms with van der Waals surface area (Å²) >= 11 is 0. The Kier molecular flexibility index (Phi) is 5.43. The average Bonchev–Trinajstić information content (AvgIpc) is 2.63. The number of amides is 1. The van der Waals surface area contributed by atoms with Crippen LogP contribution < -0.4 is 10.1 Å². The zero-order chi connectivity index (χ0) is 16.8. The minimum Gasteiger partial charge on any atom is -0.497 e. The van der Waals surface area contributed by atoms with Crippen LogP contribution in [0.2, 0.25) is 0 Å². The Hall–Kier alpha value is -2.40. The fraction of sp³-hybridized carbons (Fsp3) is 0.368. The zero-order valence-electron chi connectivity index (χ0n) is 13.9. The lowest BCUT2D eigenvalue weighted by Gasteiger charge is -2.34. The second-order valence-electron chi connectivity index (χ2n) is 6.06. The third-order valence-electron chi connectivity index (χ3n) is 4.38. The first kappa shape index (κ1) is 16.5. The third-order valence-corrected chi connectivity index (χ3v) is 4.38. The van der Waals surface area contributed by atoms with Crippen molar-refractivity contribution < 1.29 is 9.53 Å². The smallest absolute Gasteiger partial charge is 0.241 e. The summed E-state index contributed by atoms with van der Waals surface area (Å²) in [6.07, 6.45) is 6.75. The number of anilines is 1. The quantitative estimate of drug-likeness (QED) is 0.918. The van der Waals surface area contributed by atoms with Gasteiger partial charge >= 0.3 is 0 Å². The number of rotatable bonds is 5. The molecule has 1 aliphatic heterocycles. The first-order valence-electron chi connectivity index (χ1n) is 8.34. The van der Waals surface area contributed by atoms with Crippen LogP contribution in [0.5, 0.6) is 5.75 Å². The van der Waals surface area contributed by atoms with Crippen LogP contribution in [0.3, 0.4) is 0 Å². The Morgan fingerprint density at radius 3 is 2.83 bits per heavy atom. The predicted molar refractivity (Wildman–Crippen MR) is 93.9 cm³/mol. The molecule has 0 saturated carbocycles. The van der Waals surface area contributed by atoms with Crippen LogP contribution >= 0.6 is 0 Å². The SMILES string of the molecule is COc1ccc(NC(=O)[C@H]2CCCCN2Cc2cccnc2)cc1. The van der Waals surface area contributed by atoms with E-state index in [1.165, 1.54) is 0 Å². The van der Waals surface area contributed by atoms with Crippen molar-refractivity contribution in [3.8, 4) is 5.75 Å². The molecule has 5 heteroatoms. The summed E-state index contributed by atoms with van der Waals surface area (Å²) < 4.78 is 5.15. The number of benzene rings is 1. The first-order chi connectivity index (χ1) is 11.8. The molecule has 1 saturated heterocycles. The van der Waals surface area contributed by atoms with Crippen LogP contribution in [0.15, 0.2) is 48.8 Å². The van der Waals surface area contributed by atoms with Crippen molar-refractivity contribution in [2.24, 2.45) is 0 Å². The number of aromatic nitrogens is 1. The summed E-state index contributed by atoms with van der Waals surface area (Å²) in [5.41, 5.74) is 1.94. The molecular weight excluding hydrogens is 302 g/mol. The molecule has 5 nitrogen and oxygen atoms in total. The first-order valence-corrected chi connectivity index (χ1v) is 8.34. The molecule has 1 amide bonds. The average molecular weight is 325 g/mol. The van der Waals surface area contributed by atoms with Gasteiger partial charge < -0.3 is 10.1 Å². The van der Waals surface area contributed by atoms with Crippen LogP contribution in [0.4, 0.5) is 5.69 Å². The van der Waals surface area contributed by atoms with Gasteiger partial charge in [0.2, 0.25) is 5.91 Å². The Labute approximate surface area is 142 Å². The molecule has 0 unspecified atom stereocenters. The lowest BCUT2D eigenvalue weighted by Crippen LogP contribution is -2.46. The summed E-state index contributed by atoms with van der Waals surface area (Å²) in [4.78, 5) is 19.1. The molecule has 0 radical (unpaired) electrons. The van der Waals surface area contributed by atoms with E-state index in [0.717, 1.165) is 49.4 Å². The topological polar surface area (TPSA) is 54.5 Å². The van der Waals surface area contributed by atoms with Gasteiger partial charge in [0.15, 0.2) is 0 Å². The standard InChI is InChI=1S/C19H23N3O2/c1-24-17-9-7-16(8-10-17)21-19(23)18-6-2-3-12-22(18)14-15-5-4-11-20-13-15/h4-5,7-11,13,18H,2-3,6,12,14H2,1H3,(H,21,23)/t18-/m1/s1. The molecule has 2 aromatic rings. The van der Waals surface area contributed by atoms with Gasteiger partial charge in [-0.1, -0.05) is 12.5 Å². The molecule has 126 valence electrons. The van der Waals surface area contributed by atoms with Crippen molar-refractivity contribution in [3.05, 3.63) is 54.4 Å². The second kappa shape index (κ2) is 7.93. The van der Waals surface area contributed by atoms with Crippen LogP contribution in [-0.4, -0.2) is 35.5 Å². The van der Waals surface area contributed by atoms with E-state index in [1.807, 2.05) is 36.5 Å². The number of carbonyl (C=O) groups excluding carboxylic acids is 1. The van der Waals surface area contributed by atoms with Gasteiger partial charge in [0.1, 0.15) is 5.75 Å². The van der Waals surface area contributed by atoms with Gasteiger partial charge in [-0.25, -0.2) is 0 Å². The van der Waals surface area contributed by atoms with Gasteiger partial charge in [-0.3, -0.25) is 14.7 Å². The molecule has 3 rings (SSSR count). The lowest BCUT2D eigenvalue weighted by molar-refractivity contribution is -0.122. The van der Waals surface area contributed by atoms with Crippen molar-refractivity contribution >= 4 is 11.6 Å². The molecule has 0 bridgehead atoms. The van der Waals surface area contributed by atoms with E-state index < -0.39 is 0 Å². The zero-order valence-corrected chi connectivity index (χ0v) is 13.9. The lowest BCUT2D eigenvalue weighted by atomic mass is 10.0. The molecular formula is C19H23N3O2. The van der Waals surface area contributed by atoms with Crippen molar-refractivity contribution in [1.82, 2.24) is 9.88 Å². The minimum atomic E-state index is -0.0962. The molecule has 0 spiro atoms. The summed E-state index contributed by atoms with van der Waals surface area (Å²) in [6.45, 7) is 1.70. The monoisotopic (exact) mass is 325 g/mol. The number of methoxy groups -OCH3 is 1. The Balaban J connectivity index is 1.66. The summed E-state index contributed by atoms with van der Waals surface area (Å²) in [7, 11) is 1.63. The van der Waals surface area contributed by atoms with Gasteiger partial charge in [-0.2, -0.15) is 0 Å². The second-order valence-corrected chi connectivity index (χ2v) is 6.06. The van der Waals surface area contributed by atoms with Gasteiger partial charge in [0.05, 0.1) is 13.2 Å². The van der Waals surface area contributed by atoms with Crippen LogP contribution in [-0.2, 0) is 11.3 Å². The number of nitrogens with one attached hydrogen (secondary N) is 1. The largest absolute Gasteiger partial charge is 0.497 e. The normalized spacial score (nSPS) is 18.1. The molecule has 24 heavy (non-hydrogen) atoms. The van der Waals surface area contributed by atoms with E-state index in [2.05, 4.69) is 21.3 Å². The van der Waals surface area contributed by atoms with Crippen molar-refractivity contribution in [3.63, 3.8) is 0 Å².